The molecule has 0 N–H and O–H groups in total. The summed E-state index contributed by atoms with van der Waals surface area (Å²) in [7, 11) is 1.35. The summed E-state index contributed by atoms with van der Waals surface area (Å²) in [6, 6.07) is 3.98. The van der Waals surface area contributed by atoms with E-state index in [4.69, 9.17) is 0 Å². The van der Waals surface area contributed by atoms with Crippen molar-refractivity contribution in [3.63, 3.8) is 0 Å². The van der Waals surface area contributed by atoms with Crippen molar-refractivity contribution in [2.45, 2.75) is 29.8 Å². The molecule has 0 radical (unpaired) electrons. The third-order valence-corrected chi connectivity index (χ3v) is 3.92. The summed E-state index contributed by atoms with van der Waals surface area (Å²) in [5.41, 5.74) is 1.32. The van der Waals surface area contributed by atoms with E-state index in [9.17, 15) is 4.79 Å². The molecule has 0 bridgehead atoms. The minimum atomic E-state index is -0.380. The monoisotopic (exact) mass is 291 g/mol. The number of hydrogen-bond donors (Lipinski definition) is 0. The van der Waals surface area contributed by atoms with Gasteiger partial charge in [0, 0.05) is 11.9 Å². The first-order valence-electron chi connectivity index (χ1n) is 6.22. The summed E-state index contributed by atoms with van der Waals surface area (Å²) in [4.78, 5) is 15.5. The molecule has 0 aliphatic heterocycles. The van der Waals surface area contributed by atoms with E-state index < -0.39 is 0 Å². The lowest BCUT2D eigenvalue weighted by Crippen LogP contribution is -2.02. The topological polar surface area (TPSA) is 82.8 Å². The summed E-state index contributed by atoms with van der Waals surface area (Å²) in [6.07, 6.45) is 3.81. The van der Waals surface area contributed by atoms with Gasteiger partial charge in [-0.15, -0.1) is 5.10 Å². The molecule has 7 nitrogen and oxygen atoms in total. The van der Waals surface area contributed by atoms with Crippen LogP contribution in [0.25, 0.3) is 0 Å². The summed E-state index contributed by atoms with van der Waals surface area (Å²) >= 11 is 1.54. The molecule has 8 heteroatoms. The van der Waals surface area contributed by atoms with Crippen LogP contribution in [0.4, 0.5) is 0 Å². The highest BCUT2D eigenvalue weighted by Crippen LogP contribution is 2.36. The van der Waals surface area contributed by atoms with Crippen LogP contribution in [0.5, 0.6) is 0 Å². The average molecular weight is 291 g/mol. The van der Waals surface area contributed by atoms with Gasteiger partial charge in [0.25, 0.3) is 0 Å². The van der Waals surface area contributed by atoms with Crippen LogP contribution < -0.4 is 0 Å². The van der Waals surface area contributed by atoms with Crippen molar-refractivity contribution in [1.29, 1.82) is 0 Å². The first kappa shape index (κ1) is 13.0. The number of aromatic nitrogens is 5. The molecule has 20 heavy (non-hydrogen) atoms. The van der Waals surface area contributed by atoms with Gasteiger partial charge < -0.3 is 4.74 Å². The van der Waals surface area contributed by atoms with Gasteiger partial charge in [0.1, 0.15) is 0 Å². The number of nitrogens with zero attached hydrogens (tertiary/aromatic N) is 5. The Balaban J connectivity index is 1.63. The van der Waals surface area contributed by atoms with Gasteiger partial charge in [-0.05, 0) is 35.4 Å². The third-order valence-electron chi connectivity index (χ3n) is 2.95. The Kier molecular flexibility index (Phi) is 3.64. The highest BCUT2D eigenvalue weighted by atomic mass is 32.2. The maximum absolute atomic E-state index is 11.3. The van der Waals surface area contributed by atoms with Gasteiger partial charge in [0.2, 0.25) is 5.16 Å². The van der Waals surface area contributed by atoms with Crippen molar-refractivity contribution >= 4 is 17.7 Å². The predicted octanol–water partition coefficient (Wildman–Crippen LogP) is 1.48. The largest absolute Gasteiger partial charge is 0.465 e. The smallest absolute Gasteiger partial charge is 0.339 e. The molecule has 1 aliphatic rings. The second kappa shape index (κ2) is 5.58. The zero-order chi connectivity index (χ0) is 13.9. The van der Waals surface area contributed by atoms with E-state index in [2.05, 4.69) is 25.2 Å². The Morgan fingerprint density at radius 1 is 1.50 bits per heavy atom. The van der Waals surface area contributed by atoms with Crippen LogP contribution in [0.3, 0.4) is 0 Å². The highest BCUT2D eigenvalue weighted by molar-refractivity contribution is 7.98. The molecule has 0 unspecified atom stereocenters. The number of ether oxygens (including phenoxy) is 1. The van der Waals surface area contributed by atoms with Crippen molar-refractivity contribution in [3.8, 4) is 0 Å². The van der Waals surface area contributed by atoms with E-state index in [1.807, 2.05) is 10.7 Å². The van der Waals surface area contributed by atoms with Crippen molar-refractivity contribution in [2.24, 2.45) is 0 Å². The summed E-state index contributed by atoms with van der Waals surface area (Å²) in [5, 5.41) is 12.5. The Labute approximate surface area is 119 Å². The molecule has 1 fully saturated rings. The number of thioether (sulfide) groups is 1. The van der Waals surface area contributed by atoms with Gasteiger partial charge in [0.05, 0.1) is 24.4 Å². The zero-order valence-electron chi connectivity index (χ0n) is 10.9. The summed E-state index contributed by atoms with van der Waals surface area (Å²) < 4.78 is 6.50. The van der Waals surface area contributed by atoms with Gasteiger partial charge in [-0.1, -0.05) is 11.8 Å². The maximum atomic E-state index is 11.3. The minimum absolute atomic E-state index is 0.380. The molecule has 3 rings (SSSR count). The molecule has 104 valence electrons. The van der Waals surface area contributed by atoms with E-state index in [1.54, 1.807) is 17.8 Å². The molecule has 0 aromatic carbocycles. The van der Waals surface area contributed by atoms with E-state index in [1.165, 1.54) is 13.3 Å². The molecular weight excluding hydrogens is 278 g/mol. The van der Waals surface area contributed by atoms with Crippen LogP contribution in [0.15, 0.2) is 23.5 Å². The average Bonchev–Trinajstić information content (AvgIpc) is 3.23. The number of pyridine rings is 1. The van der Waals surface area contributed by atoms with E-state index in [0.717, 1.165) is 23.7 Å². The Bertz CT molecular complexity index is 609. The summed E-state index contributed by atoms with van der Waals surface area (Å²) in [6.45, 7) is 0. The zero-order valence-corrected chi connectivity index (χ0v) is 11.7. The fourth-order valence-electron chi connectivity index (χ4n) is 1.72. The number of hydrogen-bond acceptors (Lipinski definition) is 7. The second-order valence-electron chi connectivity index (χ2n) is 4.46. The van der Waals surface area contributed by atoms with E-state index in [-0.39, 0.29) is 5.97 Å². The highest BCUT2D eigenvalue weighted by Gasteiger charge is 2.27. The molecule has 1 aliphatic carbocycles. The third kappa shape index (κ3) is 2.79. The number of esters is 1. The summed E-state index contributed by atoms with van der Waals surface area (Å²) in [5.74, 6) is 0.281. The lowest BCUT2D eigenvalue weighted by molar-refractivity contribution is 0.0600. The van der Waals surface area contributed by atoms with E-state index in [0.29, 0.717) is 17.4 Å². The fourth-order valence-corrected chi connectivity index (χ4v) is 2.58. The number of carbonyl (C=O) groups is 1. The lowest BCUT2D eigenvalue weighted by Gasteiger charge is -2.03. The van der Waals surface area contributed by atoms with Crippen molar-refractivity contribution < 1.29 is 9.53 Å². The van der Waals surface area contributed by atoms with Gasteiger partial charge >= 0.3 is 5.97 Å². The molecule has 0 amide bonds. The van der Waals surface area contributed by atoms with Crippen LogP contribution in [-0.4, -0.2) is 38.3 Å². The first-order chi connectivity index (χ1) is 9.78. The van der Waals surface area contributed by atoms with Gasteiger partial charge in [-0.2, -0.15) is 0 Å². The standard InChI is InChI=1S/C12H13N5O2S/c1-19-11(18)8-2-3-9(13-6-8)7-20-12-14-15-16-17(12)10-4-5-10/h2-3,6,10H,4-5,7H2,1H3. The van der Waals surface area contributed by atoms with Crippen LogP contribution in [-0.2, 0) is 10.5 Å². The van der Waals surface area contributed by atoms with Crippen LogP contribution in [0.1, 0.15) is 34.9 Å². The van der Waals surface area contributed by atoms with Crippen molar-refractivity contribution in [1.82, 2.24) is 25.2 Å². The molecule has 2 aromatic heterocycles. The van der Waals surface area contributed by atoms with E-state index >= 15 is 0 Å². The normalized spacial score (nSPS) is 14.2. The van der Waals surface area contributed by atoms with Crippen molar-refractivity contribution in [3.05, 3.63) is 29.6 Å². The SMILES string of the molecule is COC(=O)c1ccc(CSc2nnnn2C2CC2)nc1. The Hall–Kier alpha value is -1.96. The van der Waals surface area contributed by atoms with Gasteiger partial charge in [-0.25, -0.2) is 9.48 Å². The fraction of sp³-hybridized carbons (Fsp3) is 0.417. The molecule has 0 spiro atoms. The second-order valence-corrected chi connectivity index (χ2v) is 5.40. The molecule has 0 saturated heterocycles. The quantitative estimate of drug-likeness (QED) is 0.609. The minimum Gasteiger partial charge on any atom is -0.465 e. The number of tetrazole rings is 1. The first-order valence-corrected chi connectivity index (χ1v) is 7.20. The lowest BCUT2D eigenvalue weighted by atomic mass is 10.2. The van der Waals surface area contributed by atoms with Crippen LogP contribution in [0.2, 0.25) is 0 Å². The molecule has 1 saturated carbocycles. The maximum Gasteiger partial charge on any atom is 0.339 e. The molecule has 2 heterocycles. The van der Waals surface area contributed by atoms with Crippen LogP contribution >= 0.6 is 11.8 Å². The van der Waals surface area contributed by atoms with Gasteiger partial charge in [0.15, 0.2) is 0 Å². The Morgan fingerprint density at radius 2 is 2.35 bits per heavy atom. The molecular formula is C12H13N5O2S. The number of rotatable bonds is 5. The number of carbonyl (C=O) groups excluding carboxylic acids is 1. The van der Waals surface area contributed by atoms with Crippen molar-refractivity contribution in [2.75, 3.05) is 7.11 Å². The molecule has 0 atom stereocenters. The van der Waals surface area contributed by atoms with Gasteiger partial charge in [-0.3, -0.25) is 4.98 Å². The number of methoxy groups -OCH3 is 1. The Morgan fingerprint density at radius 3 is 3.00 bits per heavy atom. The molecule has 2 aromatic rings. The van der Waals surface area contributed by atoms with Crippen LogP contribution in [0, 0.1) is 0 Å². The predicted molar refractivity (Wildman–Crippen MR) is 71.2 cm³/mol.